The highest BCUT2D eigenvalue weighted by Gasteiger charge is 2.14. The standard InChI is InChI=1S/C18H30N2O2/c1-6-20(17-10-8-7-9-15(17)4)12-11-19-18(21)16(5)22-13-14(2)3/h7-10,14,16H,6,11-13H2,1-5H3,(H,19,21)/t16-/m0/s1. The van der Waals surface area contributed by atoms with Gasteiger partial charge in [0.1, 0.15) is 6.10 Å². The number of nitrogens with one attached hydrogen (secondary N) is 1. The van der Waals surface area contributed by atoms with E-state index < -0.39 is 6.10 Å². The molecule has 22 heavy (non-hydrogen) atoms. The van der Waals surface area contributed by atoms with Crippen LogP contribution < -0.4 is 10.2 Å². The number of rotatable bonds is 9. The van der Waals surface area contributed by atoms with Crippen LogP contribution in [0.25, 0.3) is 0 Å². The molecule has 0 aliphatic heterocycles. The number of likely N-dealkylation sites (N-methyl/N-ethyl adjacent to an activating group) is 1. The predicted octanol–water partition coefficient (Wildman–Crippen LogP) is 3.00. The number of carbonyl (C=O) groups excluding carboxylic acids is 1. The lowest BCUT2D eigenvalue weighted by Gasteiger charge is -2.25. The second kappa shape index (κ2) is 9.46. The van der Waals surface area contributed by atoms with Crippen LogP contribution in [0.15, 0.2) is 24.3 Å². The van der Waals surface area contributed by atoms with Gasteiger partial charge in [0, 0.05) is 31.9 Å². The summed E-state index contributed by atoms with van der Waals surface area (Å²) in [5, 5.41) is 2.95. The van der Waals surface area contributed by atoms with Gasteiger partial charge in [0.2, 0.25) is 5.91 Å². The van der Waals surface area contributed by atoms with Crippen molar-refractivity contribution in [3.63, 3.8) is 0 Å². The summed E-state index contributed by atoms with van der Waals surface area (Å²) in [6.07, 6.45) is -0.393. The Balaban J connectivity index is 2.41. The first-order valence-electron chi connectivity index (χ1n) is 8.15. The Morgan fingerprint density at radius 2 is 1.95 bits per heavy atom. The molecule has 4 nitrogen and oxygen atoms in total. The average Bonchev–Trinajstić information content (AvgIpc) is 2.50. The van der Waals surface area contributed by atoms with E-state index in [0.717, 1.165) is 13.1 Å². The van der Waals surface area contributed by atoms with E-state index in [4.69, 9.17) is 4.74 Å². The molecule has 1 rings (SSSR count). The van der Waals surface area contributed by atoms with E-state index in [1.54, 1.807) is 6.92 Å². The van der Waals surface area contributed by atoms with Crippen molar-refractivity contribution < 1.29 is 9.53 Å². The molecule has 0 aliphatic carbocycles. The van der Waals surface area contributed by atoms with Gasteiger partial charge in [-0.05, 0) is 38.3 Å². The molecule has 1 amide bonds. The highest BCUT2D eigenvalue weighted by Crippen LogP contribution is 2.18. The van der Waals surface area contributed by atoms with E-state index in [2.05, 4.69) is 50.0 Å². The van der Waals surface area contributed by atoms with Crippen molar-refractivity contribution in [2.45, 2.75) is 40.7 Å². The van der Waals surface area contributed by atoms with Crippen LogP contribution in [0.3, 0.4) is 0 Å². The van der Waals surface area contributed by atoms with Gasteiger partial charge in [0.05, 0.1) is 0 Å². The Labute approximate surface area is 134 Å². The zero-order valence-corrected chi connectivity index (χ0v) is 14.6. The third kappa shape index (κ3) is 6.06. The van der Waals surface area contributed by atoms with Gasteiger partial charge >= 0.3 is 0 Å². The highest BCUT2D eigenvalue weighted by molar-refractivity contribution is 5.80. The Kier molecular flexibility index (Phi) is 7.96. The summed E-state index contributed by atoms with van der Waals surface area (Å²) in [5.41, 5.74) is 2.48. The van der Waals surface area contributed by atoms with Crippen LogP contribution in [0.1, 0.15) is 33.3 Å². The van der Waals surface area contributed by atoms with Crippen molar-refractivity contribution in [2.24, 2.45) is 5.92 Å². The SMILES string of the molecule is CCN(CCNC(=O)[C@H](C)OCC(C)C)c1ccccc1C. The van der Waals surface area contributed by atoms with Gasteiger partial charge < -0.3 is 15.0 Å². The lowest BCUT2D eigenvalue weighted by molar-refractivity contribution is -0.132. The molecule has 0 unspecified atom stereocenters. The molecule has 0 aromatic heterocycles. The number of aryl methyl sites for hydroxylation is 1. The molecule has 0 heterocycles. The molecule has 0 radical (unpaired) electrons. The predicted molar refractivity (Wildman–Crippen MR) is 92.3 cm³/mol. The smallest absolute Gasteiger partial charge is 0.248 e. The van der Waals surface area contributed by atoms with E-state index >= 15 is 0 Å². The molecular weight excluding hydrogens is 276 g/mol. The third-order valence-electron chi connectivity index (χ3n) is 3.57. The minimum absolute atomic E-state index is 0.0403. The van der Waals surface area contributed by atoms with E-state index in [0.29, 0.717) is 19.1 Å². The number of nitrogens with zero attached hydrogens (tertiary/aromatic N) is 1. The summed E-state index contributed by atoms with van der Waals surface area (Å²) in [6, 6.07) is 8.32. The van der Waals surface area contributed by atoms with Gasteiger partial charge in [-0.2, -0.15) is 0 Å². The number of benzene rings is 1. The molecule has 0 spiro atoms. The Morgan fingerprint density at radius 3 is 2.55 bits per heavy atom. The van der Waals surface area contributed by atoms with Crippen LogP contribution in [0.5, 0.6) is 0 Å². The monoisotopic (exact) mass is 306 g/mol. The Hall–Kier alpha value is -1.55. The second-order valence-corrected chi connectivity index (χ2v) is 6.03. The van der Waals surface area contributed by atoms with Crippen LogP contribution in [0.4, 0.5) is 5.69 Å². The fourth-order valence-electron chi connectivity index (χ4n) is 2.24. The zero-order valence-electron chi connectivity index (χ0n) is 14.6. The summed E-state index contributed by atoms with van der Waals surface area (Å²) < 4.78 is 5.53. The first-order chi connectivity index (χ1) is 10.5. The van der Waals surface area contributed by atoms with E-state index in [9.17, 15) is 4.79 Å². The van der Waals surface area contributed by atoms with Crippen molar-refractivity contribution in [2.75, 3.05) is 31.1 Å². The number of hydrogen-bond donors (Lipinski definition) is 1. The van der Waals surface area contributed by atoms with Gasteiger partial charge in [-0.15, -0.1) is 0 Å². The molecule has 1 aromatic carbocycles. The lowest BCUT2D eigenvalue weighted by Crippen LogP contribution is -2.40. The number of hydrogen-bond acceptors (Lipinski definition) is 3. The molecule has 1 atom stereocenters. The van der Waals surface area contributed by atoms with Crippen LogP contribution in [-0.4, -0.2) is 38.3 Å². The van der Waals surface area contributed by atoms with Gasteiger partial charge in [-0.25, -0.2) is 0 Å². The third-order valence-corrected chi connectivity index (χ3v) is 3.57. The molecule has 1 aromatic rings. The van der Waals surface area contributed by atoms with Gasteiger partial charge in [0.25, 0.3) is 0 Å². The maximum absolute atomic E-state index is 12.0. The second-order valence-electron chi connectivity index (χ2n) is 6.03. The van der Waals surface area contributed by atoms with Crippen LogP contribution in [0, 0.1) is 12.8 Å². The van der Waals surface area contributed by atoms with E-state index in [1.807, 2.05) is 12.1 Å². The summed E-state index contributed by atoms with van der Waals surface area (Å²) >= 11 is 0. The van der Waals surface area contributed by atoms with Gasteiger partial charge in [-0.3, -0.25) is 4.79 Å². The summed E-state index contributed by atoms with van der Waals surface area (Å²) in [5.74, 6) is 0.397. The Morgan fingerprint density at radius 1 is 1.27 bits per heavy atom. The fraction of sp³-hybridized carbons (Fsp3) is 0.611. The van der Waals surface area contributed by atoms with Crippen molar-refractivity contribution >= 4 is 11.6 Å². The maximum atomic E-state index is 12.0. The number of carbonyl (C=O) groups is 1. The number of para-hydroxylation sites is 1. The summed E-state index contributed by atoms with van der Waals surface area (Å²) in [7, 11) is 0. The summed E-state index contributed by atoms with van der Waals surface area (Å²) in [4.78, 5) is 14.2. The molecular formula is C18H30N2O2. The van der Waals surface area contributed by atoms with Crippen LogP contribution >= 0.6 is 0 Å². The van der Waals surface area contributed by atoms with Crippen molar-refractivity contribution in [1.82, 2.24) is 5.32 Å². The molecule has 0 bridgehead atoms. The number of amides is 1. The molecule has 4 heteroatoms. The van der Waals surface area contributed by atoms with Crippen molar-refractivity contribution in [1.29, 1.82) is 0 Å². The average molecular weight is 306 g/mol. The van der Waals surface area contributed by atoms with Crippen LogP contribution in [-0.2, 0) is 9.53 Å². The van der Waals surface area contributed by atoms with Gasteiger partial charge in [-0.1, -0.05) is 32.0 Å². The van der Waals surface area contributed by atoms with E-state index in [-0.39, 0.29) is 5.91 Å². The van der Waals surface area contributed by atoms with E-state index in [1.165, 1.54) is 11.3 Å². The minimum atomic E-state index is -0.393. The minimum Gasteiger partial charge on any atom is -0.370 e. The van der Waals surface area contributed by atoms with Crippen LogP contribution in [0.2, 0.25) is 0 Å². The zero-order chi connectivity index (χ0) is 16.5. The molecule has 0 saturated heterocycles. The topological polar surface area (TPSA) is 41.6 Å². The maximum Gasteiger partial charge on any atom is 0.248 e. The van der Waals surface area contributed by atoms with Crippen molar-refractivity contribution in [3.05, 3.63) is 29.8 Å². The normalized spacial score (nSPS) is 12.3. The number of anilines is 1. The first kappa shape index (κ1) is 18.5. The molecule has 124 valence electrons. The molecule has 0 fully saturated rings. The van der Waals surface area contributed by atoms with Gasteiger partial charge in [0.15, 0.2) is 0 Å². The molecule has 0 saturated carbocycles. The van der Waals surface area contributed by atoms with Crippen molar-refractivity contribution in [3.8, 4) is 0 Å². The summed E-state index contributed by atoms with van der Waals surface area (Å²) in [6.45, 7) is 13.1. The lowest BCUT2D eigenvalue weighted by atomic mass is 10.2. The Bertz CT molecular complexity index is 460. The highest BCUT2D eigenvalue weighted by atomic mass is 16.5. The molecule has 1 N–H and O–H groups in total. The number of ether oxygens (including phenoxy) is 1. The fourth-order valence-corrected chi connectivity index (χ4v) is 2.24. The largest absolute Gasteiger partial charge is 0.370 e. The first-order valence-corrected chi connectivity index (χ1v) is 8.15. The quantitative estimate of drug-likeness (QED) is 0.762. The molecule has 0 aliphatic rings.